The lowest BCUT2D eigenvalue weighted by Crippen LogP contribution is -2.05. The van der Waals surface area contributed by atoms with Crippen LogP contribution in [-0.2, 0) is 16.1 Å². The van der Waals surface area contributed by atoms with Gasteiger partial charge in [0, 0.05) is 15.6 Å². The average molecular weight is 454 g/mol. The van der Waals surface area contributed by atoms with Crippen molar-refractivity contribution in [1.82, 2.24) is 0 Å². The third kappa shape index (κ3) is 5.08. The summed E-state index contributed by atoms with van der Waals surface area (Å²) < 4.78 is 16.6. The zero-order chi connectivity index (χ0) is 21.8. The molecule has 0 aliphatic carbocycles. The quantitative estimate of drug-likeness (QED) is 0.343. The molecule has 31 heavy (non-hydrogen) atoms. The number of rotatable bonds is 6. The zero-order valence-corrected chi connectivity index (χ0v) is 18.0. The highest BCUT2D eigenvalue weighted by Crippen LogP contribution is 2.30. The number of ether oxygens (including phenoxy) is 3. The number of hydrogen-bond donors (Lipinski definition) is 0. The molecule has 1 heterocycles. The van der Waals surface area contributed by atoms with Crippen LogP contribution < -0.4 is 9.47 Å². The summed E-state index contributed by atoms with van der Waals surface area (Å²) in [7, 11) is 1.56. The van der Waals surface area contributed by atoms with E-state index in [1.165, 1.54) is 0 Å². The minimum absolute atomic E-state index is 0.187. The second-order valence-electron chi connectivity index (χ2n) is 6.67. The number of esters is 1. The van der Waals surface area contributed by atoms with E-state index >= 15 is 0 Å². The average Bonchev–Trinajstić information content (AvgIpc) is 3.14. The Morgan fingerprint density at radius 2 is 1.77 bits per heavy atom. The summed E-state index contributed by atoms with van der Waals surface area (Å²) in [6.45, 7) is 0.369. The Morgan fingerprint density at radius 1 is 0.968 bits per heavy atom. The molecule has 0 N–H and O–H groups in total. The SMILES string of the molecule is COc1cc(/C=C2\N=C(c3cccc(Cl)c3)OC2=O)ccc1OCc1ccc(Cl)cc1. The minimum Gasteiger partial charge on any atom is -0.493 e. The maximum absolute atomic E-state index is 12.2. The number of aliphatic imine (C=N–C) groups is 1. The first-order chi connectivity index (χ1) is 15.0. The molecule has 1 aliphatic rings. The molecule has 0 amide bonds. The molecule has 3 aromatic carbocycles. The summed E-state index contributed by atoms with van der Waals surface area (Å²) in [5.41, 5.74) is 2.52. The molecular formula is C24H17Cl2NO4. The summed E-state index contributed by atoms with van der Waals surface area (Å²) >= 11 is 11.9. The first kappa shape index (κ1) is 21.0. The van der Waals surface area contributed by atoms with E-state index < -0.39 is 5.97 Å². The van der Waals surface area contributed by atoms with Crippen molar-refractivity contribution in [3.63, 3.8) is 0 Å². The number of hydrogen-bond acceptors (Lipinski definition) is 5. The van der Waals surface area contributed by atoms with Crippen LogP contribution >= 0.6 is 23.2 Å². The topological polar surface area (TPSA) is 57.1 Å². The second-order valence-corrected chi connectivity index (χ2v) is 7.54. The number of cyclic esters (lactones) is 1. The van der Waals surface area contributed by atoms with Crippen LogP contribution in [0.4, 0.5) is 0 Å². The third-order valence-corrected chi connectivity index (χ3v) is 4.98. The summed E-state index contributed by atoms with van der Waals surface area (Å²) in [6.07, 6.45) is 1.63. The first-order valence-corrected chi connectivity index (χ1v) is 10.1. The Morgan fingerprint density at radius 3 is 2.52 bits per heavy atom. The van der Waals surface area contributed by atoms with Crippen LogP contribution in [0.5, 0.6) is 11.5 Å². The molecule has 0 bridgehead atoms. The van der Waals surface area contributed by atoms with Crippen molar-refractivity contribution >= 4 is 41.1 Å². The minimum atomic E-state index is -0.531. The van der Waals surface area contributed by atoms with Gasteiger partial charge in [0.25, 0.3) is 0 Å². The molecule has 0 unspecified atom stereocenters. The lowest BCUT2D eigenvalue weighted by molar-refractivity contribution is -0.129. The van der Waals surface area contributed by atoms with Crippen molar-refractivity contribution in [2.75, 3.05) is 7.11 Å². The molecule has 0 fully saturated rings. The van der Waals surface area contributed by atoms with E-state index in [1.807, 2.05) is 30.3 Å². The van der Waals surface area contributed by atoms with E-state index in [4.69, 9.17) is 37.4 Å². The Hall–Kier alpha value is -3.28. The number of methoxy groups -OCH3 is 1. The smallest absolute Gasteiger partial charge is 0.363 e. The van der Waals surface area contributed by atoms with E-state index in [9.17, 15) is 4.79 Å². The van der Waals surface area contributed by atoms with Crippen LogP contribution in [0.3, 0.4) is 0 Å². The number of carbonyl (C=O) groups excluding carboxylic acids is 1. The van der Waals surface area contributed by atoms with Gasteiger partial charge in [-0.1, -0.05) is 47.5 Å². The van der Waals surface area contributed by atoms with Crippen molar-refractivity contribution < 1.29 is 19.0 Å². The van der Waals surface area contributed by atoms with Crippen molar-refractivity contribution in [1.29, 1.82) is 0 Å². The molecule has 0 atom stereocenters. The van der Waals surface area contributed by atoms with Gasteiger partial charge in [-0.15, -0.1) is 0 Å². The highest BCUT2D eigenvalue weighted by Gasteiger charge is 2.24. The van der Waals surface area contributed by atoms with Gasteiger partial charge >= 0.3 is 5.97 Å². The van der Waals surface area contributed by atoms with Gasteiger partial charge in [-0.05, 0) is 59.7 Å². The highest BCUT2D eigenvalue weighted by atomic mass is 35.5. The van der Waals surface area contributed by atoms with Crippen LogP contribution in [0.15, 0.2) is 77.4 Å². The molecular weight excluding hydrogens is 437 g/mol. The zero-order valence-electron chi connectivity index (χ0n) is 16.5. The fourth-order valence-electron chi connectivity index (χ4n) is 2.95. The number of benzene rings is 3. The summed E-state index contributed by atoms with van der Waals surface area (Å²) in [4.78, 5) is 16.5. The van der Waals surface area contributed by atoms with Crippen molar-refractivity contribution in [2.45, 2.75) is 6.61 Å². The summed E-state index contributed by atoms with van der Waals surface area (Å²) in [5.74, 6) is 0.802. The van der Waals surface area contributed by atoms with Gasteiger partial charge in [0.05, 0.1) is 7.11 Å². The van der Waals surface area contributed by atoms with Gasteiger partial charge in [-0.25, -0.2) is 9.79 Å². The normalized spacial score (nSPS) is 14.4. The van der Waals surface area contributed by atoms with Crippen LogP contribution in [-0.4, -0.2) is 19.0 Å². The highest BCUT2D eigenvalue weighted by molar-refractivity contribution is 6.31. The van der Waals surface area contributed by atoms with E-state index in [1.54, 1.807) is 49.6 Å². The molecule has 1 aliphatic heterocycles. The molecule has 0 saturated carbocycles. The van der Waals surface area contributed by atoms with Gasteiger partial charge in [0.2, 0.25) is 5.90 Å². The van der Waals surface area contributed by atoms with E-state index in [0.29, 0.717) is 33.7 Å². The molecule has 4 rings (SSSR count). The monoisotopic (exact) mass is 453 g/mol. The Kier molecular flexibility index (Phi) is 6.26. The number of carbonyl (C=O) groups is 1. The van der Waals surface area contributed by atoms with Gasteiger partial charge < -0.3 is 14.2 Å². The lowest BCUT2D eigenvalue weighted by atomic mass is 10.1. The third-order valence-electron chi connectivity index (χ3n) is 4.49. The Labute approximate surface area is 189 Å². The maximum Gasteiger partial charge on any atom is 0.363 e. The largest absolute Gasteiger partial charge is 0.493 e. The van der Waals surface area contributed by atoms with Crippen LogP contribution in [0.1, 0.15) is 16.7 Å². The lowest BCUT2D eigenvalue weighted by Gasteiger charge is -2.11. The molecule has 156 valence electrons. The summed E-state index contributed by atoms with van der Waals surface area (Å²) in [5, 5.41) is 1.21. The van der Waals surface area contributed by atoms with Gasteiger partial charge in [-0.2, -0.15) is 0 Å². The fraction of sp³-hybridized carbons (Fsp3) is 0.0833. The predicted molar refractivity (Wildman–Crippen MR) is 121 cm³/mol. The molecule has 0 radical (unpaired) electrons. The predicted octanol–water partition coefficient (Wildman–Crippen LogP) is 5.93. The molecule has 0 aromatic heterocycles. The molecule has 5 nitrogen and oxygen atoms in total. The van der Waals surface area contributed by atoms with Crippen molar-refractivity contribution in [2.24, 2.45) is 4.99 Å². The van der Waals surface area contributed by atoms with Crippen LogP contribution in [0.25, 0.3) is 6.08 Å². The molecule has 0 spiro atoms. The van der Waals surface area contributed by atoms with Gasteiger partial charge in [-0.3, -0.25) is 0 Å². The van der Waals surface area contributed by atoms with Gasteiger partial charge in [0.1, 0.15) is 6.61 Å². The Bertz CT molecular complexity index is 1190. The Balaban J connectivity index is 1.53. The van der Waals surface area contributed by atoms with Crippen molar-refractivity contribution in [3.05, 3.63) is 99.2 Å². The van der Waals surface area contributed by atoms with Crippen molar-refractivity contribution in [3.8, 4) is 11.5 Å². The van der Waals surface area contributed by atoms with Gasteiger partial charge in [0.15, 0.2) is 17.2 Å². The van der Waals surface area contributed by atoms with E-state index in [-0.39, 0.29) is 11.6 Å². The van der Waals surface area contributed by atoms with E-state index in [0.717, 1.165) is 11.1 Å². The molecule has 3 aromatic rings. The maximum atomic E-state index is 12.2. The summed E-state index contributed by atoms with van der Waals surface area (Å²) in [6, 6.07) is 19.7. The fourth-order valence-corrected chi connectivity index (χ4v) is 3.26. The number of halogens is 2. The van der Waals surface area contributed by atoms with Crippen LogP contribution in [0, 0.1) is 0 Å². The number of nitrogens with zero attached hydrogens (tertiary/aromatic N) is 1. The standard InChI is InChI=1S/C24H17Cl2NO4/c1-29-22-12-16(7-10-21(22)30-14-15-5-8-18(25)9-6-15)11-20-24(28)31-23(27-20)17-3-2-4-19(26)13-17/h2-13H,14H2,1H3/b20-11-. The second kappa shape index (κ2) is 9.25. The molecule has 0 saturated heterocycles. The van der Waals surface area contributed by atoms with Crippen LogP contribution in [0.2, 0.25) is 10.0 Å². The molecule has 7 heteroatoms. The first-order valence-electron chi connectivity index (χ1n) is 9.35. The van der Waals surface area contributed by atoms with E-state index in [2.05, 4.69) is 4.99 Å².